The first-order valence-corrected chi connectivity index (χ1v) is 13.9. The van der Waals surface area contributed by atoms with E-state index in [1.165, 1.54) is 6.42 Å². The first kappa shape index (κ1) is 19.3. The third-order valence-electron chi connectivity index (χ3n) is 7.23. The van der Waals surface area contributed by atoms with Gasteiger partial charge in [0.15, 0.2) is 20.2 Å². The summed E-state index contributed by atoms with van der Waals surface area (Å²) in [5, 5.41) is 0. The number of rotatable bonds is 4. The van der Waals surface area contributed by atoms with E-state index < -0.39 is 19.7 Å². The SMILES string of the molecule is C[C@H]1[C@@H](CCO[Si](C)(C)C)O[C@@H]2O[C@]3(C)CC[C@H]4[C@H](C)CC[C@@H]1[C@@]24OO3. The van der Waals surface area contributed by atoms with Crippen LogP contribution < -0.4 is 0 Å². The van der Waals surface area contributed by atoms with E-state index in [-0.39, 0.29) is 12.4 Å². The van der Waals surface area contributed by atoms with E-state index in [2.05, 4.69) is 33.5 Å². The molecule has 4 aliphatic heterocycles. The first-order chi connectivity index (χ1) is 12.1. The molecule has 5 fully saturated rings. The van der Waals surface area contributed by atoms with E-state index in [1.54, 1.807) is 0 Å². The molecule has 0 aromatic rings. The molecule has 2 bridgehead atoms. The highest BCUT2D eigenvalue weighted by molar-refractivity contribution is 6.69. The van der Waals surface area contributed by atoms with Crippen LogP contribution in [0.2, 0.25) is 19.6 Å². The number of ether oxygens (including phenoxy) is 2. The quantitative estimate of drug-likeness (QED) is 0.528. The van der Waals surface area contributed by atoms with Crippen LogP contribution in [0.4, 0.5) is 0 Å². The fourth-order valence-electron chi connectivity index (χ4n) is 5.79. The van der Waals surface area contributed by atoms with Crippen LogP contribution in [-0.4, -0.2) is 38.7 Å². The van der Waals surface area contributed by atoms with Crippen molar-refractivity contribution >= 4 is 8.32 Å². The van der Waals surface area contributed by atoms with Crippen LogP contribution in [0.5, 0.6) is 0 Å². The third-order valence-corrected chi connectivity index (χ3v) is 8.30. The molecule has 0 N–H and O–H groups in total. The summed E-state index contributed by atoms with van der Waals surface area (Å²) in [7, 11) is -1.50. The van der Waals surface area contributed by atoms with Gasteiger partial charge in [0, 0.05) is 18.9 Å². The van der Waals surface area contributed by atoms with Gasteiger partial charge in [0.1, 0.15) is 0 Å². The molecule has 26 heavy (non-hydrogen) atoms. The van der Waals surface area contributed by atoms with Gasteiger partial charge in [-0.1, -0.05) is 13.8 Å². The molecule has 5 rings (SSSR count). The second-order valence-corrected chi connectivity index (χ2v) is 14.7. The summed E-state index contributed by atoms with van der Waals surface area (Å²) < 4.78 is 19.1. The van der Waals surface area contributed by atoms with Crippen LogP contribution in [0, 0.1) is 23.7 Å². The van der Waals surface area contributed by atoms with Gasteiger partial charge in [-0.3, -0.25) is 0 Å². The maximum atomic E-state index is 6.58. The normalized spacial score (nSPS) is 51.0. The number of hydrogen-bond donors (Lipinski definition) is 0. The molecule has 150 valence electrons. The Labute approximate surface area is 159 Å². The van der Waals surface area contributed by atoms with Crippen molar-refractivity contribution in [1.29, 1.82) is 0 Å². The minimum Gasteiger partial charge on any atom is -0.418 e. The van der Waals surface area contributed by atoms with E-state index in [4.69, 9.17) is 23.7 Å². The van der Waals surface area contributed by atoms with Crippen molar-refractivity contribution in [1.82, 2.24) is 0 Å². The van der Waals surface area contributed by atoms with Gasteiger partial charge in [0.2, 0.25) is 5.79 Å². The van der Waals surface area contributed by atoms with Gasteiger partial charge in [0.25, 0.3) is 0 Å². The predicted octanol–water partition coefficient (Wildman–Crippen LogP) is 4.48. The van der Waals surface area contributed by atoms with Crippen LogP contribution in [0.1, 0.15) is 52.9 Å². The molecule has 1 saturated carbocycles. The lowest BCUT2D eigenvalue weighted by Crippen LogP contribution is -2.70. The van der Waals surface area contributed by atoms with Crippen LogP contribution in [0.15, 0.2) is 0 Å². The minimum atomic E-state index is -1.50. The Balaban J connectivity index is 1.58. The third kappa shape index (κ3) is 3.10. The van der Waals surface area contributed by atoms with Crippen LogP contribution in [0.3, 0.4) is 0 Å². The molecule has 0 amide bonds. The van der Waals surface area contributed by atoms with Gasteiger partial charge in [-0.2, -0.15) is 0 Å². The molecule has 0 aromatic carbocycles. The molecule has 4 heterocycles. The van der Waals surface area contributed by atoms with Crippen LogP contribution in [0.25, 0.3) is 0 Å². The van der Waals surface area contributed by atoms with E-state index in [0.717, 1.165) is 32.3 Å². The molecule has 0 unspecified atom stereocenters. The van der Waals surface area contributed by atoms with Crippen molar-refractivity contribution in [2.45, 2.75) is 96.3 Å². The molecule has 8 atom stereocenters. The first-order valence-electron chi connectivity index (χ1n) is 10.5. The average molecular weight is 385 g/mol. The van der Waals surface area contributed by atoms with Crippen molar-refractivity contribution in [3.63, 3.8) is 0 Å². The molecule has 0 aromatic heterocycles. The predicted molar refractivity (Wildman–Crippen MR) is 101 cm³/mol. The molecular weight excluding hydrogens is 348 g/mol. The standard InChI is InChI=1S/C20H36O5Si/c1-13-7-8-16-14(2)17(10-12-21-26(4,5)6)22-18-20(16)15(13)9-11-19(3,23-18)24-25-20/h13-18H,7-12H2,1-6H3/t13-,14-,15+,16+,17-,18-,19+,20-/m1/s1. The lowest BCUT2D eigenvalue weighted by Gasteiger charge is -2.60. The molecule has 4 saturated heterocycles. The Kier molecular flexibility index (Phi) is 4.86. The number of fused-ring (bicyclic) bond motifs is 2. The largest absolute Gasteiger partial charge is 0.418 e. The van der Waals surface area contributed by atoms with E-state index in [1.807, 2.05) is 6.92 Å². The monoisotopic (exact) mass is 384 g/mol. The van der Waals surface area contributed by atoms with Gasteiger partial charge in [-0.15, -0.1) is 0 Å². The van der Waals surface area contributed by atoms with Crippen molar-refractivity contribution in [2.75, 3.05) is 6.61 Å². The zero-order valence-corrected chi connectivity index (χ0v) is 18.2. The Morgan fingerprint density at radius 1 is 1.04 bits per heavy atom. The summed E-state index contributed by atoms with van der Waals surface area (Å²) in [5.74, 6) is 1.21. The summed E-state index contributed by atoms with van der Waals surface area (Å²) in [6, 6.07) is 0. The lowest BCUT2D eigenvalue weighted by atomic mass is 9.57. The topological polar surface area (TPSA) is 46.2 Å². The smallest absolute Gasteiger partial charge is 0.201 e. The van der Waals surface area contributed by atoms with Crippen molar-refractivity contribution in [3.8, 4) is 0 Å². The van der Waals surface area contributed by atoms with Crippen LogP contribution in [-0.2, 0) is 23.7 Å². The summed E-state index contributed by atoms with van der Waals surface area (Å²) >= 11 is 0. The highest BCUT2D eigenvalue weighted by atomic mass is 28.4. The van der Waals surface area contributed by atoms with Gasteiger partial charge in [-0.25, -0.2) is 9.78 Å². The fourth-order valence-corrected chi connectivity index (χ4v) is 6.52. The van der Waals surface area contributed by atoms with Gasteiger partial charge in [-0.05, 0) is 70.0 Å². The lowest BCUT2D eigenvalue weighted by molar-refractivity contribution is -0.571. The van der Waals surface area contributed by atoms with E-state index in [0.29, 0.717) is 23.7 Å². The van der Waals surface area contributed by atoms with Crippen LogP contribution >= 0.6 is 0 Å². The maximum Gasteiger partial charge on any atom is 0.201 e. The Bertz CT molecular complexity index is 537. The second kappa shape index (κ2) is 6.53. The Morgan fingerprint density at radius 2 is 1.81 bits per heavy atom. The van der Waals surface area contributed by atoms with Crippen molar-refractivity contribution in [2.24, 2.45) is 23.7 Å². The highest BCUT2D eigenvalue weighted by Crippen LogP contribution is 2.60. The molecular formula is C20H36O5Si. The maximum absolute atomic E-state index is 6.58. The van der Waals surface area contributed by atoms with Gasteiger partial charge < -0.3 is 13.9 Å². The average Bonchev–Trinajstić information content (AvgIpc) is 2.77. The van der Waals surface area contributed by atoms with E-state index in [9.17, 15) is 0 Å². The van der Waals surface area contributed by atoms with E-state index >= 15 is 0 Å². The minimum absolute atomic E-state index is 0.160. The Morgan fingerprint density at radius 3 is 2.54 bits per heavy atom. The van der Waals surface area contributed by atoms with Gasteiger partial charge in [0.05, 0.1) is 6.10 Å². The second-order valence-electron chi connectivity index (χ2n) is 10.2. The summed E-state index contributed by atoms with van der Waals surface area (Å²) in [6.45, 7) is 14.1. The van der Waals surface area contributed by atoms with Crippen molar-refractivity contribution < 1.29 is 23.7 Å². The fraction of sp³-hybridized carbons (Fsp3) is 1.00. The molecule has 5 aliphatic rings. The van der Waals surface area contributed by atoms with Crippen molar-refractivity contribution in [3.05, 3.63) is 0 Å². The summed E-state index contributed by atoms with van der Waals surface area (Å²) in [5.41, 5.74) is -0.441. The zero-order valence-electron chi connectivity index (χ0n) is 17.2. The Hall–Kier alpha value is 0.0169. The summed E-state index contributed by atoms with van der Waals surface area (Å²) in [4.78, 5) is 12.1. The molecule has 1 aliphatic carbocycles. The van der Waals surface area contributed by atoms with Gasteiger partial charge >= 0.3 is 0 Å². The summed E-state index contributed by atoms with van der Waals surface area (Å²) in [6.07, 6.45) is 5.13. The molecule has 1 spiro atoms. The molecule has 5 nitrogen and oxygen atoms in total. The zero-order chi connectivity index (χ0) is 18.7. The molecule has 0 radical (unpaired) electrons. The molecule has 6 heteroatoms. The highest BCUT2D eigenvalue weighted by Gasteiger charge is 2.69. The number of hydrogen-bond acceptors (Lipinski definition) is 5.